The highest BCUT2D eigenvalue weighted by molar-refractivity contribution is 6.18. The van der Waals surface area contributed by atoms with Gasteiger partial charge in [-0.25, -0.2) is 4.98 Å². The van der Waals surface area contributed by atoms with Crippen LogP contribution in [0.5, 0.6) is 17.2 Å². The molecule has 1 aromatic heterocycles. The van der Waals surface area contributed by atoms with Gasteiger partial charge < -0.3 is 24.1 Å². The number of methoxy groups -OCH3 is 1. The van der Waals surface area contributed by atoms with Crippen LogP contribution in [-0.2, 0) is 6.54 Å². The largest absolute Gasteiger partial charge is 0.497 e. The molecule has 0 aliphatic heterocycles. The molecule has 1 heterocycles. The summed E-state index contributed by atoms with van der Waals surface area (Å²) in [6.45, 7) is 22.7. The SMILES string of the molecule is C/C=C(\C/C=C\CCl)CCOc1ccc(-c2nc3ccc(OC)cc3n2CCCC)cc1OCC.CC.CC.CCNCC. The Hall–Kier alpha value is -2.96. The molecule has 7 heteroatoms. The Labute approximate surface area is 273 Å². The van der Waals surface area contributed by atoms with E-state index in [0.29, 0.717) is 19.1 Å². The van der Waals surface area contributed by atoms with Gasteiger partial charge in [-0.1, -0.05) is 78.7 Å². The summed E-state index contributed by atoms with van der Waals surface area (Å²) in [6, 6.07) is 12.1. The van der Waals surface area contributed by atoms with Crippen LogP contribution in [0.4, 0.5) is 0 Å². The number of rotatable bonds is 16. The molecule has 0 aliphatic carbocycles. The molecule has 0 atom stereocenters. The van der Waals surface area contributed by atoms with E-state index in [1.807, 2.05) is 65.0 Å². The number of halogens is 1. The second kappa shape index (κ2) is 26.4. The average molecular weight is 630 g/mol. The summed E-state index contributed by atoms with van der Waals surface area (Å²) in [5.74, 6) is 3.79. The van der Waals surface area contributed by atoms with Crippen molar-refractivity contribution < 1.29 is 14.2 Å². The standard InChI is InChI=1S/C29H37ClN2O3.C4H11N.2C2H6/c1-5-8-18-32-26-21-24(33-4)13-14-25(26)31-29(32)23-12-15-27(28(20-23)34-7-3)35-19-16-22(6-2)11-9-10-17-30;1-3-5-4-2;2*1-2/h6,9-10,12-15,20-21H,5,7-8,11,16-19H2,1-4H3;5H,3-4H2,1-2H3;2*1-2H3/b10-9-,22-6+;;;. The molecular formula is C37H60ClN3O3. The molecular weight excluding hydrogens is 570 g/mol. The zero-order chi connectivity index (χ0) is 33.2. The van der Waals surface area contributed by atoms with Crippen molar-refractivity contribution in [2.24, 2.45) is 0 Å². The molecule has 248 valence electrons. The van der Waals surface area contributed by atoms with E-state index in [4.69, 9.17) is 30.8 Å². The monoisotopic (exact) mass is 629 g/mol. The van der Waals surface area contributed by atoms with Gasteiger partial charge in [-0.3, -0.25) is 0 Å². The van der Waals surface area contributed by atoms with Crippen molar-refractivity contribution in [3.05, 3.63) is 60.2 Å². The topological polar surface area (TPSA) is 57.5 Å². The fourth-order valence-electron chi connectivity index (χ4n) is 4.23. The molecule has 2 aromatic carbocycles. The first kappa shape index (κ1) is 41.0. The van der Waals surface area contributed by atoms with Gasteiger partial charge in [-0.15, -0.1) is 11.6 Å². The van der Waals surface area contributed by atoms with Gasteiger partial charge in [0.1, 0.15) is 11.6 Å². The Kier molecular flexibility index (Phi) is 24.7. The minimum atomic E-state index is 0.539. The third-order valence-electron chi connectivity index (χ3n) is 6.42. The Balaban J connectivity index is 0.00000183. The molecule has 3 rings (SSSR count). The van der Waals surface area contributed by atoms with E-state index < -0.39 is 0 Å². The minimum absolute atomic E-state index is 0.539. The minimum Gasteiger partial charge on any atom is -0.497 e. The van der Waals surface area contributed by atoms with Crippen molar-refractivity contribution in [2.75, 3.05) is 39.3 Å². The summed E-state index contributed by atoms with van der Waals surface area (Å²) in [7, 11) is 1.69. The van der Waals surface area contributed by atoms with Gasteiger partial charge in [-0.2, -0.15) is 0 Å². The molecule has 0 amide bonds. The normalized spacial score (nSPS) is 10.8. The van der Waals surface area contributed by atoms with Gasteiger partial charge in [0.05, 0.1) is 31.4 Å². The van der Waals surface area contributed by atoms with Gasteiger partial charge in [0.15, 0.2) is 11.5 Å². The Morgan fingerprint density at radius 3 is 2.23 bits per heavy atom. The van der Waals surface area contributed by atoms with E-state index in [2.05, 4.69) is 61.9 Å². The van der Waals surface area contributed by atoms with Crippen LogP contribution < -0.4 is 19.5 Å². The fourth-order valence-corrected chi connectivity index (χ4v) is 4.36. The number of alkyl halides is 1. The number of nitrogens with one attached hydrogen (secondary N) is 1. The van der Waals surface area contributed by atoms with Gasteiger partial charge >= 0.3 is 0 Å². The molecule has 44 heavy (non-hydrogen) atoms. The van der Waals surface area contributed by atoms with Crippen LogP contribution in [0.15, 0.2) is 60.2 Å². The summed E-state index contributed by atoms with van der Waals surface area (Å²) in [5, 5.41) is 3.11. The van der Waals surface area contributed by atoms with Crippen molar-refractivity contribution in [3.8, 4) is 28.6 Å². The summed E-state index contributed by atoms with van der Waals surface area (Å²) >= 11 is 5.73. The van der Waals surface area contributed by atoms with E-state index in [1.54, 1.807) is 7.11 Å². The summed E-state index contributed by atoms with van der Waals surface area (Å²) < 4.78 is 19.9. The number of imidazole rings is 1. The molecule has 0 aliphatic rings. The lowest BCUT2D eigenvalue weighted by Gasteiger charge is -2.15. The molecule has 0 saturated heterocycles. The molecule has 0 bridgehead atoms. The molecule has 6 nitrogen and oxygen atoms in total. The first-order valence-corrected chi connectivity index (χ1v) is 17.1. The van der Waals surface area contributed by atoms with Crippen LogP contribution in [0.25, 0.3) is 22.4 Å². The lowest BCUT2D eigenvalue weighted by Crippen LogP contribution is -2.09. The number of hydrogen-bond acceptors (Lipinski definition) is 5. The van der Waals surface area contributed by atoms with E-state index in [0.717, 1.165) is 85.0 Å². The van der Waals surface area contributed by atoms with Crippen LogP contribution in [0, 0.1) is 0 Å². The van der Waals surface area contributed by atoms with Crippen LogP contribution in [0.1, 0.15) is 88.0 Å². The van der Waals surface area contributed by atoms with Crippen molar-refractivity contribution in [1.29, 1.82) is 0 Å². The van der Waals surface area contributed by atoms with Crippen molar-refractivity contribution in [2.45, 2.75) is 94.5 Å². The zero-order valence-corrected chi connectivity index (χ0v) is 30.0. The number of hydrogen-bond donors (Lipinski definition) is 1. The average Bonchev–Trinajstić information content (AvgIpc) is 3.43. The van der Waals surface area contributed by atoms with E-state index in [1.165, 1.54) is 5.57 Å². The molecule has 1 N–H and O–H groups in total. The number of allylic oxidation sites excluding steroid dienone is 3. The van der Waals surface area contributed by atoms with Gasteiger partial charge in [-0.05, 0) is 70.1 Å². The molecule has 0 fully saturated rings. The van der Waals surface area contributed by atoms with Gasteiger partial charge in [0.25, 0.3) is 0 Å². The number of benzene rings is 2. The fraction of sp³-hybridized carbons (Fsp3) is 0.541. The maximum absolute atomic E-state index is 6.14. The highest BCUT2D eigenvalue weighted by Gasteiger charge is 2.16. The predicted molar refractivity (Wildman–Crippen MR) is 193 cm³/mol. The number of aromatic nitrogens is 2. The Morgan fingerprint density at radius 2 is 1.66 bits per heavy atom. The number of nitrogens with zero attached hydrogens (tertiary/aromatic N) is 2. The summed E-state index contributed by atoms with van der Waals surface area (Å²) in [4.78, 5) is 4.96. The van der Waals surface area contributed by atoms with E-state index >= 15 is 0 Å². The summed E-state index contributed by atoms with van der Waals surface area (Å²) in [6.07, 6.45) is 10.1. The predicted octanol–water partition coefficient (Wildman–Crippen LogP) is 10.5. The van der Waals surface area contributed by atoms with E-state index in [9.17, 15) is 0 Å². The highest BCUT2D eigenvalue weighted by atomic mass is 35.5. The van der Waals surface area contributed by atoms with Crippen molar-refractivity contribution in [1.82, 2.24) is 14.9 Å². The van der Waals surface area contributed by atoms with Crippen LogP contribution in [-0.4, -0.2) is 48.8 Å². The number of ether oxygens (including phenoxy) is 3. The molecule has 0 saturated carbocycles. The first-order valence-electron chi connectivity index (χ1n) is 16.6. The molecule has 3 aromatic rings. The smallest absolute Gasteiger partial charge is 0.161 e. The number of aryl methyl sites for hydroxylation is 1. The first-order chi connectivity index (χ1) is 21.6. The third-order valence-corrected chi connectivity index (χ3v) is 6.60. The van der Waals surface area contributed by atoms with E-state index in [-0.39, 0.29) is 0 Å². The molecule has 0 spiro atoms. The number of unbranched alkanes of at least 4 members (excludes halogenated alkanes) is 1. The van der Waals surface area contributed by atoms with Crippen LogP contribution in [0.3, 0.4) is 0 Å². The van der Waals surface area contributed by atoms with Crippen molar-refractivity contribution in [3.63, 3.8) is 0 Å². The van der Waals surface area contributed by atoms with Crippen molar-refractivity contribution >= 4 is 22.6 Å². The van der Waals surface area contributed by atoms with Crippen LogP contribution >= 0.6 is 11.6 Å². The lowest BCUT2D eigenvalue weighted by molar-refractivity contribution is 0.279. The van der Waals surface area contributed by atoms with Gasteiger partial charge in [0.2, 0.25) is 0 Å². The maximum Gasteiger partial charge on any atom is 0.161 e. The lowest BCUT2D eigenvalue weighted by atomic mass is 10.1. The quantitative estimate of drug-likeness (QED) is 0.126. The molecule has 0 radical (unpaired) electrons. The summed E-state index contributed by atoms with van der Waals surface area (Å²) in [5.41, 5.74) is 4.36. The maximum atomic E-state index is 6.14. The number of fused-ring (bicyclic) bond motifs is 1. The second-order valence-corrected chi connectivity index (χ2v) is 9.53. The van der Waals surface area contributed by atoms with Crippen LogP contribution in [0.2, 0.25) is 0 Å². The molecule has 0 unspecified atom stereocenters. The Morgan fingerprint density at radius 1 is 0.932 bits per heavy atom. The highest BCUT2D eigenvalue weighted by Crippen LogP contribution is 2.35. The third kappa shape index (κ3) is 14.2. The zero-order valence-electron chi connectivity index (χ0n) is 29.3. The Bertz CT molecular complexity index is 1200. The van der Waals surface area contributed by atoms with Gasteiger partial charge in [0, 0.05) is 30.5 Å². The second-order valence-electron chi connectivity index (χ2n) is 9.22.